The standard InChI is InChI=1S/C63H72F2N10O6/c1-6-43-47(64)17-12-39-10-7-11-45(51(39)43)55-53(65)56-52-48(66-55)18-14-41-34-79-31-9-26-74(41)57(52)69-59(68-56)81-37-63-23-8-27-75(63)42(20-24-63)35-80-60(78)73-30-25-62(4,61(2,3)36-73)33-38-21-28-72(29-22-38)40-13-15-44-49(32-40)71(5)70-54(44)46-16-19-50(76)67-58(46)77/h1,7,10-13,15,17,32,38,41-42,46H,8-9,14,16,18-31,33-37H2,2-5H3,(H,67,76,77)/t41-,42-,46?,62-,63-/m0/s1. The summed E-state index contributed by atoms with van der Waals surface area (Å²) in [5, 5.41) is 9.85. The number of imide groups is 1. The van der Waals surface area contributed by atoms with Gasteiger partial charge in [-0.1, -0.05) is 51.0 Å². The maximum absolute atomic E-state index is 17.5. The summed E-state index contributed by atoms with van der Waals surface area (Å²) < 4.78 is 53.6. The minimum Gasteiger partial charge on any atom is -0.461 e. The van der Waals surface area contributed by atoms with Gasteiger partial charge in [-0.2, -0.15) is 15.1 Å². The van der Waals surface area contributed by atoms with Gasteiger partial charge >= 0.3 is 12.1 Å². The van der Waals surface area contributed by atoms with E-state index < -0.39 is 17.6 Å². The van der Waals surface area contributed by atoms with Crippen molar-refractivity contribution >= 4 is 62.0 Å². The lowest BCUT2D eigenvalue weighted by atomic mass is 9.58. The summed E-state index contributed by atoms with van der Waals surface area (Å²) >= 11 is 0. The zero-order chi connectivity index (χ0) is 56.0. The molecule has 0 bridgehead atoms. The average molecular weight is 1100 g/mol. The minimum atomic E-state index is -0.642. The Morgan fingerprint density at radius 1 is 0.914 bits per heavy atom. The van der Waals surface area contributed by atoms with Crippen LogP contribution in [0.2, 0.25) is 0 Å². The Balaban J connectivity index is 0.655. The van der Waals surface area contributed by atoms with Crippen molar-refractivity contribution < 1.29 is 37.4 Å². The third-order valence-electron chi connectivity index (χ3n) is 20.1. The molecule has 7 aliphatic rings. The minimum absolute atomic E-state index is 0.00816. The fraction of sp³-hybridized carbons (Fsp3) is 0.540. The number of terminal acetylenes is 1. The molecule has 18 heteroatoms. The number of nitrogens with one attached hydrogen (secondary N) is 1. The number of hydrogen-bond donors (Lipinski definition) is 1. The highest BCUT2D eigenvalue weighted by Gasteiger charge is 2.52. The summed E-state index contributed by atoms with van der Waals surface area (Å²) in [6, 6.07) is 14.9. The van der Waals surface area contributed by atoms with Gasteiger partial charge in [0.05, 0.1) is 52.0 Å². The number of pyridine rings is 1. The summed E-state index contributed by atoms with van der Waals surface area (Å²) in [5.41, 5.74) is 3.74. The van der Waals surface area contributed by atoms with Gasteiger partial charge in [-0.25, -0.2) is 18.6 Å². The zero-order valence-electron chi connectivity index (χ0n) is 47.0. The summed E-state index contributed by atoms with van der Waals surface area (Å²) in [7, 11) is 1.92. The Hall–Kier alpha value is -6.97. The average Bonchev–Trinajstić information content (AvgIpc) is 4.16. The van der Waals surface area contributed by atoms with Gasteiger partial charge in [-0.05, 0) is 130 Å². The van der Waals surface area contributed by atoms with E-state index in [2.05, 4.69) is 64.9 Å². The predicted molar refractivity (Wildman–Crippen MR) is 305 cm³/mol. The maximum Gasteiger partial charge on any atom is 0.409 e. The SMILES string of the molecule is C#Cc1c(F)ccc2cccc(-c3nc4c5c(nc(OC[C@@]67CCCN6[C@H](COC(=O)N6CC[C@@](C)(CC8CCN(c9ccc%10c(C%11CCC(=O)NC%11=O)nn(C)c%10c9)CC8)C(C)(C)C6)CC7)nc5c3F)N3CCCOC[C@@H]3CC4)c12. The third-order valence-corrected chi connectivity index (χ3v) is 20.1. The number of amides is 3. The molecule has 7 aliphatic heterocycles. The van der Waals surface area contributed by atoms with E-state index in [0.29, 0.717) is 111 Å². The Bertz CT molecular complexity index is 3560. The molecule has 6 fully saturated rings. The summed E-state index contributed by atoms with van der Waals surface area (Å²) in [4.78, 5) is 62.6. The predicted octanol–water partition coefficient (Wildman–Crippen LogP) is 9.61. The van der Waals surface area contributed by atoms with Gasteiger partial charge in [0, 0.05) is 80.9 Å². The largest absolute Gasteiger partial charge is 0.461 e. The first kappa shape index (κ1) is 53.3. The van der Waals surface area contributed by atoms with Gasteiger partial charge in [0.25, 0.3) is 0 Å². The van der Waals surface area contributed by atoms with Crippen molar-refractivity contribution in [2.75, 3.05) is 75.5 Å². The van der Waals surface area contributed by atoms with Crippen LogP contribution < -0.4 is 19.9 Å². The number of carbonyl (C=O) groups is 3. The molecule has 1 unspecified atom stereocenters. The number of aromatic nitrogens is 5. The van der Waals surface area contributed by atoms with Crippen molar-refractivity contribution in [1.29, 1.82) is 0 Å². The first-order chi connectivity index (χ1) is 39.1. The molecule has 3 aromatic carbocycles. The van der Waals surface area contributed by atoms with Crippen molar-refractivity contribution in [3.05, 3.63) is 77.1 Å². The third kappa shape index (κ3) is 9.40. The topological polar surface area (TPSA) is 160 Å². The molecule has 1 N–H and O–H groups in total. The van der Waals surface area contributed by atoms with Gasteiger partial charge in [0.15, 0.2) is 5.82 Å². The Morgan fingerprint density at radius 3 is 2.58 bits per heavy atom. The Kier molecular flexibility index (Phi) is 13.7. The fourth-order valence-electron chi connectivity index (χ4n) is 15.1. The summed E-state index contributed by atoms with van der Waals surface area (Å²) in [6.45, 7) is 13.5. The highest BCUT2D eigenvalue weighted by molar-refractivity contribution is 6.04. The molecular weight excluding hydrogens is 1030 g/mol. The number of fused-ring (bicyclic) bond motifs is 5. The first-order valence-corrected chi connectivity index (χ1v) is 29.4. The van der Waals surface area contributed by atoms with Crippen LogP contribution >= 0.6 is 0 Å². The van der Waals surface area contributed by atoms with Crippen molar-refractivity contribution in [1.82, 2.24) is 39.8 Å². The summed E-state index contributed by atoms with van der Waals surface area (Å²) in [6.07, 6.45) is 16.2. The maximum atomic E-state index is 17.5. The number of hydrogen-bond acceptors (Lipinski definition) is 13. The smallest absolute Gasteiger partial charge is 0.409 e. The van der Waals surface area contributed by atoms with Crippen LogP contribution in [-0.4, -0.2) is 136 Å². The highest BCUT2D eigenvalue weighted by atomic mass is 19.1. The van der Waals surface area contributed by atoms with Crippen LogP contribution in [-0.2, 0) is 32.5 Å². The Morgan fingerprint density at radius 2 is 1.77 bits per heavy atom. The van der Waals surface area contributed by atoms with Gasteiger partial charge < -0.3 is 28.9 Å². The lowest BCUT2D eigenvalue weighted by Gasteiger charge is -2.53. The molecular formula is C63H72F2N10O6. The molecule has 3 amide bonds. The van der Waals surface area contributed by atoms with Crippen LogP contribution in [0.25, 0.3) is 43.8 Å². The molecule has 0 aliphatic carbocycles. The van der Waals surface area contributed by atoms with Crippen LogP contribution in [0.1, 0.15) is 121 Å². The molecule has 3 aromatic heterocycles. The van der Waals surface area contributed by atoms with E-state index >= 15 is 8.78 Å². The quantitative estimate of drug-likeness (QED) is 0.102. The van der Waals surface area contributed by atoms with E-state index in [1.807, 2.05) is 22.7 Å². The van der Waals surface area contributed by atoms with E-state index in [1.165, 1.54) is 6.07 Å². The molecule has 81 heavy (non-hydrogen) atoms. The second-order valence-corrected chi connectivity index (χ2v) is 25.1. The van der Waals surface area contributed by atoms with Gasteiger partial charge in [-0.3, -0.25) is 24.5 Å². The molecule has 0 radical (unpaired) electrons. The second-order valence-electron chi connectivity index (χ2n) is 25.1. The summed E-state index contributed by atoms with van der Waals surface area (Å²) in [5.74, 6) is 1.53. The van der Waals surface area contributed by atoms with Crippen LogP contribution in [0.15, 0.2) is 48.5 Å². The lowest BCUT2D eigenvalue weighted by molar-refractivity contribution is -0.134. The monoisotopic (exact) mass is 1100 g/mol. The molecule has 13 rings (SSSR count). The number of piperidine rings is 3. The normalized spacial score (nSPS) is 26.1. The zero-order valence-corrected chi connectivity index (χ0v) is 47.0. The van der Waals surface area contributed by atoms with Gasteiger partial charge in [0.1, 0.15) is 36.1 Å². The van der Waals surface area contributed by atoms with Crippen LogP contribution in [0, 0.1) is 40.7 Å². The lowest BCUT2D eigenvalue weighted by Crippen LogP contribution is -2.54. The molecule has 424 valence electrons. The fourth-order valence-corrected chi connectivity index (χ4v) is 15.1. The van der Waals surface area contributed by atoms with E-state index in [9.17, 15) is 14.4 Å². The number of likely N-dealkylation sites (tertiary alicyclic amines) is 1. The van der Waals surface area contributed by atoms with E-state index in [-0.39, 0.29) is 69.1 Å². The van der Waals surface area contributed by atoms with Gasteiger partial charge in [0.2, 0.25) is 11.8 Å². The van der Waals surface area contributed by atoms with E-state index in [4.69, 9.17) is 40.7 Å². The highest BCUT2D eigenvalue weighted by Crippen LogP contribution is 2.52. The number of rotatable bonds is 10. The molecule has 0 saturated carbocycles. The molecule has 16 nitrogen and oxygen atoms in total. The van der Waals surface area contributed by atoms with Crippen molar-refractivity contribution in [2.24, 2.45) is 23.8 Å². The van der Waals surface area contributed by atoms with Crippen LogP contribution in [0.5, 0.6) is 6.01 Å². The van der Waals surface area contributed by atoms with Crippen molar-refractivity contribution in [3.8, 4) is 29.6 Å². The number of aryl methyl sites for hydroxylation is 2. The van der Waals surface area contributed by atoms with E-state index in [1.54, 1.807) is 18.2 Å². The molecule has 6 aromatic rings. The molecule has 5 atom stereocenters. The van der Waals surface area contributed by atoms with Crippen LogP contribution in [0.4, 0.5) is 25.1 Å². The molecule has 6 saturated heterocycles. The van der Waals surface area contributed by atoms with Gasteiger partial charge in [-0.15, -0.1) is 6.42 Å². The second kappa shape index (κ2) is 20.8. The molecule has 10 heterocycles. The number of nitrogens with zero attached hydrogens (tertiary/aromatic N) is 9. The van der Waals surface area contributed by atoms with E-state index in [0.717, 1.165) is 99.7 Å². The molecule has 0 spiro atoms. The number of anilines is 2. The Labute approximate surface area is 471 Å². The van der Waals surface area contributed by atoms with Crippen LogP contribution in [0.3, 0.4) is 0 Å². The number of carbonyl (C=O) groups excluding carboxylic acids is 3. The first-order valence-electron chi connectivity index (χ1n) is 29.4. The van der Waals surface area contributed by atoms with Crippen molar-refractivity contribution in [3.63, 3.8) is 0 Å². The number of benzene rings is 3. The van der Waals surface area contributed by atoms with Crippen molar-refractivity contribution in [2.45, 2.75) is 128 Å². The number of ether oxygens (including phenoxy) is 3. The number of halogens is 2.